The van der Waals surface area contributed by atoms with Crippen LogP contribution < -0.4 is 0 Å². The average Bonchev–Trinajstić information content (AvgIpc) is 3.05. The number of fused-ring (bicyclic) bond motifs is 5. The Balaban J connectivity index is 1.80. The summed E-state index contributed by atoms with van der Waals surface area (Å²) in [6.07, 6.45) is 2.73. The van der Waals surface area contributed by atoms with Gasteiger partial charge in [0, 0.05) is 22.7 Å². The molecule has 0 spiro atoms. The minimum absolute atomic E-state index is 0.0101. The van der Waals surface area contributed by atoms with Gasteiger partial charge in [-0.3, -0.25) is 14.4 Å². The number of rotatable bonds is 6. The maximum atomic E-state index is 17.4. The van der Waals surface area contributed by atoms with Crippen LogP contribution >= 0.6 is 11.6 Å². The number of esters is 1. The van der Waals surface area contributed by atoms with Gasteiger partial charge in [0.25, 0.3) is 0 Å². The molecule has 0 heterocycles. The minimum Gasteiger partial charge on any atom is -0.457 e. The number of carbonyl (C=O) groups is 4. The molecule has 1 N–H and O–H groups in total. The summed E-state index contributed by atoms with van der Waals surface area (Å²) in [5.74, 6) is -3.87. The van der Waals surface area contributed by atoms with Crippen LogP contribution in [0.5, 0.6) is 0 Å². The lowest BCUT2D eigenvalue weighted by Gasteiger charge is -2.62. The summed E-state index contributed by atoms with van der Waals surface area (Å²) >= 11 is 5.51. The molecule has 0 aromatic rings. The second-order valence-corrected chi connectivity index (χ2v) is 11.4. The number of aliphatic hydroxyl groups is 1. The van der Waals surface area contributed by atoms with Crippen molar-refractivity contribution < 1.29 is 42.9 Å². The standard InChI is InChI=1S/C27H34ClFO8/c1-5-35-23(34)37-27(21(32)14-36-22(33)13-28)15(2)10-19-18-7-6-16-11-17(30)8-9-24(16,3)26(18,29)20(31)12-25(19,27)4/h8-9,11,15,18-20,31H,5-7,10,12-14H2,1-4H3/t15-,18+,19+,20+,24+,25+,26+,27+/m1/s1. The zero-order valence-corrected chi connectivity index (χ0v) is 22.3. The topological polar surface area (TPSA) is 116 Å². The molecule has 0 amide bonds. The first-order valence-corrected chi connectivity index (χ1v) is 13.3. The van der Waals surface area contributed by atoms with Crippen molar-refractivity contribution in [1.82, 2.24) is 0 Å². The van der Waals surface area contributed by atoms with Crippen LogP contribution in [0.1, 0.15) is 53.4 Å². The zero-order valence-electron chi connectivity index (χ0n) is 21.6. The molecule has 10 heteroatoms. The monoisotopic (exact) mass is 540 g/mol. The molecule has 0 bridgehead atoms. The number of alkyl halides is 2. The maximum Gasteiger partial charge on any atom is 0.509 e. The Kier molecular flexibility index (Phi) is 7.12. The van der Waals surface area contributed by atoms with Gasteiger partial charge in [0.2, 0.25) is 5.78 Å². The number of halogens is 2. The van der Waals surface area contributed by atoms with Crippen LogP contribution in [0.2, 0.25) is 0 Å². The van der Waals surface area contributed by atoms with Crippen LogP contribution in [0.25, 0.3) is 0 Å². The molecule has 4 rings (SSSR count). The largest absolute Gasteiger partial charge is 0.509 e. The fourth-order valence-electron chi connectivity index (χ4n) is 7.97. The van der Waals surface area contributed by atoms with Crippen molar-refractivity contribution in [3.05, 3.63) is 23.8 Å². The lowest BCUT2D eigenvalue weighted by molar-refractivity contribution is -0.222. The Morgan fingerprint density at radius 2 is 1.92 bits per heavy atom. The Morgan fingerprint density at radius 1 is 1.22 bits per heavy atom. The summed E-state index contributed by atoms with van der Waals surface area (Å²) < 4.78 is 33.2. The fourth-order valence-corrected chi connectivity index (χ4v) is 8.05. The van der Waals surface area contributed by atoms with Gasteiger partial charge in [-0.15, -0.1) is 11.6 Å². The molecule has 4 aliphatic carbocycles. The Hall–Kier alpha value is -2.26. The van der Waals surface area contributed by atoms with Gasteiger partial charge in [-0.25, -0.2) is 9.18 Å². The van der Waals surface area contributed by atoms with E-state index < -0.39 is 76.4 Å². The van der Waals surface area contributed by atoms with E-state index in [2.05, 4.69) is 0 Å². The highest BCUT2D eigenvalue weighted by atomic mass is 35.5. The lowest BCUT2D eigenvalue weighted by Crippen LogP contribution is -2.70. The summed E-state index contributed by atoms with van der Waals surface area (Å²) in [7, 11) is 0. The maximum absolute atomic E-state index is 17.4. The zero-order chi connectivity index (χ0) is 27.4. The highest BCUT2D eigenvalue weighted by Gasteiger charge is 2.77. The molecule has 0 radical (unpaired) electrons. The third-order valence-corrected chi connectivity index (χ3v) is 9.79. The number of hydrogen-bond donors (Lipinski definition) is 1. The molecule has 8 atom stereocenters. The van der Waals surface area contributed by atoms with Crippen LogP contribution in [-0.2, 0) is 28.6 Å². The molecule has 3 fully saturated rings. The van der Waals surface area contributed by atoms with Crippen molar-refractivity contribution in [1.29, 1.82) is 0 Å². The van der Waals surface area contributed by atoms with Crippen LogP contribution in [0, 0.1) is 28.6 Å². The predicted octanol–water partition coefficient (Wildman–Crippen LogP) is 3.87. The molecular formula is C27H34ClFO8. The second kappa shape index (κ2) is 9.49. The van der Waals surface area contributed by atoms with E-state index in [9.17, 15) is 24.3 Å². The number of ether oxygens (including phenoxy) is 3. The first-order valence-electron chi connectivity index (χ1n) is 12.7. The van der Waals surface area contributed by atoms with E-state index in [4.69, 9.17) is 25.8 Å². The normalized spacial score (nSPS) is 42.1. The summed E-state index contributed by atoms with van der Waals surface area (Å²) in [4.78, 5) is 50.2. The van der Waals surface area contributed by atoms with E-state index in [0.29, 0.717) is 24.8 Å². The SMILES string of the molecule is CCOC(=O)O[C@]1(C(=O)COC(=O)CCl)[C@H](C)C[C@H]2[C@@H]3CCC4=CC(=O)C=C[C@]4(C)[C@@]3(F)[C@@H](O)C[C@@]21C. The Bertz CT molecular complexity index is 1070. The molecule has 0 aromatic carbocycles. The highest BCUT2D eigenvalue weighted by molar-refractivity contribution is 6.26. The van der Waals surface area contributed by atoms with Crippen LogP contribution in [0.3, 0.4) is 0 Å². The van der Waals surface area contributed by atoms with Crippen molar-refractivity contribution in [2.24, 2.45) is 28.6 Å². The Morgan fingerprint density at radius 3 is 2.57 bits per heavy atom. The molecule has 37 heavy (non-hydrogen) atoms. The van der Waals surface area contributed by atoms with Gasteiger partial charge in [-0.2, -0.15) is 0 Å². The van der Waals surface area contributed by atoms with Gasteiger partial charge in [-0.1, -0.05) is 25.5 Å². The lowest BCUT2D eigenvalue weighted by atomic mass is 9.44. The van der Waals surface area contributed by atoms with Gasteiger partial charge in [-0.05, 0) is 57.6 Å². The number of carbonyl (C=O) groups excluding carboxylic acids is 4. The number of hydrogen-bond acceptors (Lipinski definition) is 8. The first-order chi connectivity index (χ1) is 17.3. The highest BCUT2D eigenvalue weighted by Crippen LogP contribution is 2.71. The Labute approximate surface area is 220 Å². The summed E-state index contributed by atoms with van der Waals surface area (Å²) in [6, 6.07) is 0. The van der Waals surface area contributed by atoms with Crippen molar-refractivity contribution >= 4 is 35.3 Å². The van der Waals surface area contributed by atoms with Crippen molar-refractivity contribution in [2.75, 3.05) is 19.1 Å². The van der Waals surface area contributed by atoms with Crippen LogP contribution in [0.4, 0.5) is 9.18 Å². The second-order valence-electron chi connectivity index (χ2n) is 11.1. The smallest absolute Gasteiger partial charge is 0.457 e. The minimum atomic E-state index is -2.10. The predicted molar refractivity (Wildman–Crippen MR) is 130 cm³/mol. The average molecular weight is 541 g/mol. The summed E-state index contributed by atoms with van der Waals surface area (Å²) in [6.45, 7) is 6.10. The third-order valence-electron chi connectivity index (χ3n) is 9.58. The van der Waals surface area contributed by atoms with Crippen LogP contribution in [0.15, 0.2) is 23.8 Å². The molecule has 0 saturated heterocycles. The van der Waals surface area contributed by atoms with E-state index in [-0.39, 0.29) is 18.8 Å². The molecular weight excluding hydrogens is 507 g/mol. The van der Waals surface area contributed by atoms with Gasteiger partial charge < -0.3 is 19.3 Å². The van der Waals surface area contributed by atoms with Gasteiger partial charge >= 0.3 is 12.1 Å². The third kappa shape index (κ3) is 3.79. The van der Waals surface area contributed by atoms with Crippen molar-refractivity contribution in [3.63, 3.8) is 0 Å². The number of allylic oxidation sites excluding steroid dienone is 4. The quantitative estimate of drug-likeness (QED) is 0.399. The molecule has 8 nitrogen and oxygen atoms in total. The van der Waals surface area contributed by atoms with Gasteiger partial charge in [0.05, 0.1) is 12.7 Å². The first kappa shape index (κ1) is 27.8. The van der Waals surface area contributed by atoms with Crippen LogP contribution in [-0.4, -0.2) is 65.3 Å². The van der Waals surface area contributed by atoms with Crippen molar-refractivity contribution in [3.8, 4) is 0 Å². The number of ketones is 2. The molecule has 0 aromatic heterocycles. The van der Waals surface area contributed by atoms with Crippen molar-refractivity contribution in [2.45, 2.75) is 70.8 Å². The molecule has 0 aliphatic heterocycles. The molecule has 0 unspecified atom stereocenters. The number of Topliss-reactive ketones (excluding diaryl/α,β-unsaturated/α-hetero) is 1. The van der Waals surface area contributed by atoms with E-state index >= 15 is 4.39 Å². The molecule has 4 aliphatic rings. The fraction of sp³-hybridized carbons (Fsp3) is 0.704. The number of aliphatic hydroxyl groups excluding tert-OH is 1. The summed E-state index contributed by atoms with van der Waals surface area (Å²) in [5.41, 5.74) is -5.66. The van der Waals surface area contributed by atoms with E-state index in [1.807, 2.05) is 0 Å². The van der Waals surface area contributed by atoms with E-state index in [1.54, 1.807) is 33.8 Å². The van der Waals surface area contributed by atoms with E-state index in [1.165, 1.54) is 12.2 Å². The molecule has 3 saturated carbocycles. The van der Waals surface area contributed by atoms with Gasteiger partial charge in [0.1, 0.15) is 5.88 Å². The van der Waals surface area contributed by atoms with E-state index in [0.717, 1.165) is 0 Å². The van der Waals surface area contributed by atoms with Gasteiger partial charge in [0.15, 0.2) is 23.7 Å². The summed E-state index contributed by atoms with van der Waals surface area (Å²) in [5, 5.41) is 11.5. The molecule has 204 valence electrons.